The van der Waals surface area contributed by atoms with Gasteiger partial charge in [-0.3, -0.25) is 19.2 Å². The molecule has 0 spiro atoms. The van der Waals surface area contributed by atoms with Crippen molar-refractivity contribution in [1.29, 1.82) is 0 Å². The maximum absolute atomic E-state index is 13.1. The van der Waals surface area contributed by atoms with Gasteiger partial charge >= 0.3 is 5.97 Å². The highest BCUT2D eigenvalue weighted by Crippen LogP contribution is 2.38. The summed E-state index contributed by atoms with van der Waals surface area (Å²) in [5.74, 6) is -2.15. The number of carboxylic acid groups (broad SMARTS) is 1. The van der Waals surface area contributed by atoms with E-state index in [0.717, 1.165) is 4.90 Å². The Morgan fingerprint density at radius 2 is 1.52 bits per heavy atom. The Morgan fingerprint density at radius 1 is 0.966 bits per heavy atom. The summed E-state index contributed by atoms with van der Waals surface area (Å²) in [6.07, 6.45) is 0.269. The van der Waals surface area contributed by atoms with Gasteiger partial charge in [0.1, 0.15) is 6.54 Å². The van der Waals surface area contributed by atoms with Crippen molar-refractivity contribution >= 4 is 97.2 Å². The van der Waals surface area contributed by atoms with Gasteiger partial charge < -0.3 is 20.2 Å². The van der Waals surface area contributed by atoms with Crippen molar-refractivity contribution in [3.63, 3.8) is 0 Å². The summed E-state index contributed by atoms with van der Waals surface area (Å²) in [4.78, 5) is 52.1. The van der Waals surface area contributed by atoms with E-state index in [9.17, 15) is 19.2 Å². The number of aliphatic carboxylic acids is 1. The van der Waals surface area contributed by atoms with E-state index < -0.39 is 18.4 Å². The molecule has 0 fully saturated rings. The highest BCUT2D eigenvalue weighted by atomic mass is 127. The van der Waals surface area contributed by atoms with Crippen LogP contribution in [0.3, 0.4) is 0 Å². The number of hydrogen-bond acceptors (Lipinski definition) is 4. The van der Waals surface area contributed by atoms with Crippen molar-refractivity contribution in [2.45, 2.75) is 27.2 Å². The van der Waals surface area contributed by atoms with Crippen LogP contribution in [-0.2, 0) is 9.59 Å². The van der Waals surface area contributed by atoms with E-state index in [-0.39, 0.29) is 23.8 Å². The number of carbonyl (C=O) groups excluding carboxylic acids is 3. The van der Waals surface area contributed by atoms with Crippen LogP contribution in [0.25, 0.3) is 0 Å². The first-order valence-corrected chi connectivity index (χ1v) is 12.0. The monoisotopic (exact) mass is 741 g/mol. The molecule has 0 saturated heterocycles. The fraction of sp³-hybridized carbons (Fsp3) is 0.444. The average Bonchev–Trinajstić information content (AvgIpc) is 2.64. The van der Waals surface area contributed by atoms with Crippen molar-refractivity contribution in [2.24, 2.45) is 0 Å². The number of anilines is 1. The third kappa shape index (κ3) is 5.92. The Hall–Kier alpha value is -0.710. The van der Waals surface area contributed by atoms with Gasteiger partial charge in [-0.15, -0.1) is 0 Å². The van der Waals surface area contributed by atoms with Crippen LogP contribution in [0.2, 0.25) is 0 Å². The molecule has 0 aliphatic heterocycles. The van der Waals surface area contributed by atoms with Gasteiger partial charge in [0.25, 0.3) is 11.8 Å². The standard InChI is InChI=1S/C18H22I3N3O5/c1-5-9(25)24(7-3)16-14(20)11(17(28)22-6-2)13(19)12(15(16)21)18(29)23(4)8-10(26)27/h5-8H2,1-4H3,(H,22,28)(H,26,27). The van der Waals surface area contributed by atoms with Crippen LogP contribution in [0.1, 0.15) is 47.9 Å². The van der Waals surface area contributed by atoms with Crippen molar-refractivity contribution < 1.29 is 24.3 Å². The minimum absolute atomic E-state index is 0.135. The summed E-state index contributed by atoms with van der Waals surface area (Å²) in [6.45, 7) is 5.65. The number of hydrogen-bond donors (Lipinski definition) is 2. The number of amides is 3. The quantitative estimate of drug-likeness (QED) is 0.399. The van der Waals surface area contributed by atoms with Crippen LogP contribution < -0.4 is 10.2 Å². The molecule has 0 aliphatic rings. The molecule has 0 atom stereocenters. The summed E-state index contributed by atoms with van der Waals surface area (Å²) in [5.41, 5.74) is 1.01. The molecule has 0 saturated carbocycles. The van der Waals surface area contributed by atoms with Crippen LogP contribution in [0, 0.1) is 10.7 Å². The van der Waals surface area contributed by atoms with Gasteiger partial charge in [-0.2, -0.15) is 0 Å². The van der Waals surface area contributed by atoms with E-state index in [1.165, 1.54) is 7.05 Å². The summed E-state index contributed by atoms with van der Waals surface area (Å²) >= 11 is 5.96. The average molecular weight is 741 g/mol. The van der Waals surface area contributed by atoms with E-state index in [4.69, 9.17) is 5.11 Å². The minimum Gasteiger partial charge on any atom is -0.480 e. The fourth-order valence-corrected chi connectivity index (χ4v) is 7.34. The van der Waals surface area contributed by atoms with Crippen LogP contribution in [-0.4, -0.2) is 60.4 Å². The molecule has 3 amide bonds. The van der Waals surface area contributed by atoms with Gasteiger partial charge in [0.05, 0.1) is 24.0 Å². The second-order valence-electron chi connectivity index (χ2n) is 5.95. The van der Waals surface area contributed by atoms with E-state index in [0.29, 0.717) is 35.1 Å². The van der Waals surface area contributed by atoms with Crippen molar-refractivity contribution in [3.05, 3.63) is 21.8 Å². The molecule has 0 bridgehead atoms. The van der Waals surface area contributed by atoms with E-state index in [2.05, 4.69) is 5.32 Å². The molecule has 11 heteroatoms. The van der Waals surface area contributed by atoms with E-state index in [1.807, 2.05) is 74.7 Å². The lowest BCUT2D eigenvalue weighted by atomic mass is 10.1. The first kappa shape index (κ1) is 26.3. The molecule has 0 aromatic heterocycles. The number of carbonyl (C=O) groups is 4. The fourth-order valence-electron chi connectivity index (χ4n) is 2.64. The summed E-state index contributed by atoms with van der Waals surface area (Å²) < 4.78 is 1.51. The largest absolute Gasteiger partial charge is 0.480 e. The lowest BCUT2D eigenvalue weighted by Crippen LogP contribution is -2.37. The molecule has 1 rings (SSSR count). The summed E-state index contributed by atoms with van der Waals surface area (Å²) in [6, 6.07) is 0. The normalized spacial score (nSPS) is 10.4. The number of benzene rings is 1. The van der Waals surface area contributed by atoms with Gasteiger partial charge in [0.2, 0.25) is 5.91 Å². The van der Waals surface area contributed by atoms with E-state index >= 15 is 0 Å². The maximum atomic E-state index is 13.1. The second-order valence-corrected chi connectivity index (χ2v) is 9.18. The number of rotatable bonds is 8. The van der Waals surface area contributed by atoms with Crippen LogP contribution >= 0.6 is 67.8 Å². The molecule has 0 radical (unpaired) electrons. The predicted octanol–water partition coefficient (Wildman–Crippen LogP) is 3.17. The molecule has 8 nitrogen and oxygen atoms in total. The summed E-state index contributed by atoms with van der Waals surface area (Å²) in [5, 5.41) is 11.8. The molecule has 0 aliphatic carbocycles. The smallest absolute Gasteiger partial charge is 0.323 e. The zero-order valence-electron chi connectivity index (χ0n) is 16.4. The van der Waals surface area contributed by atoms with Crippen molar-refractivity contribution in [3.8, 4) is 0 Å². The number of halogens is 3. The third-order valence-electron chi connectivity index (χ3n) is 3.98. The molecule has 2 N–H and O–H groups in total. The highest BCUT2D eigenvalue weighted by molar-refractivity contribution is 14.1. The molecule has 1 aromatic carbocycles. The molecule has 0 unspecified atom stereocenters. The van der Waals surface area contributed by atoms with Crippen molar-refractivity contribution in [2.75, 3.05) is 31.6 Å². The molecule has 0 heterocycles. The number of carboxylic acids is 1. The Bertz CT molecular complexity index is 845. The second kappa shape index (κ2) is 11.6. The first-order valence-electron chi connectivity index (χ1n) is 8.79. The molecule has 160 valence electrons. The van der Waals surface area contributed by atoms with Crippen LogP contribution in [0.4, 0.5) is 5.69 Å². The Labute approximate surface area is 210 Å². The minimum atomic E-state index is -1.14. The number of likely N-dealkylation sites (N-methyl/N-ethyl adjacent to an activating group) is 1. The summed E-state index contributed by atoms with van der Waals surface area (Å²) in [7, 11) is 1.39. The van der Waals surface area contributed by atoms with Crippen molar-refractivity contribution in [1.82, 2.24) is 10.2 Å². The van der Waals surface area contributed by atoms with Gasteiger partial charge in [0.15, 0.2) is 0 Å². The highest BCUT2D eigenvalue weighted by Gasteiger charge is 2.32. The van der Waals surface area contributed by atoms with Gasteiger partial charge in [-0.05, 0) is 81.6 Å². The first-order chi connectivity index (χ1) is 13.5. The van der Waals surface area contributed by atoms with Crippen LogP contribution in [0.15, 0.2) is 0 Å². The number of nitrogens with zero attached hydrogens (tertiary/aromatic N) is 2. The van der Waals surface area contributed by atoms with Crippen LogP contribution in [0.5, 0.6) is 0 Å². The molecular weight excluding hydrogens is 719 g/mol. The van der Waals surface area contributed by atoms with Gasteiger partial charge in [-0.25, -0.2) is 0 Å². The SMILES string of the molecule is CCNC(=O)c1c(I)c(C(=O)N(C)CC(=O)O)c(I)c(N(CC)C(=O)CC)c1I. The Balaban J connectivity index is 3.88. The molecule has 29 heavy (non-hydrogen) atoms. The lowest BCUT2D eigenvalue weighted by Gasteiger charge is -2.28. The van der Waals surface area contributed by atoms with E-state index in [1.54, 1.807) is 18.7 Å². The Morgan fingerprint density at radius 3 is 1.97 bits per heavy atom. The topological polar surface area (TPSA) is 107 Å². The molecular formula is C18H22I3N3O5. The third-order valence-corrected chi connectivity index (χ3v) is 7.16. The van der Waals surface area contributed by atoms with Gasteiger partial charge in [0, 0.05) is 30.1 Å². The zero-order chi connectivity index (χ0) is 22.5. The molecule has 1 aromatic rings. The lowest BCUT2D eigenvalue weighted by molar-refractivity contribution is -0.137. The number of nitrogens with one attached hydrogen (secondary N) is 1. The maximum Gasteiger partial charge on any atom is 0.323 e. The van der Waals surface area contributed by atoms with Gasteiger partial charge in [-0.1, -0.05) is 6.92 Å². The Kier molecular flexibility index (Phi) is 10.5. The zero-order valence-corrected chi connectivity index (χ0v) is 22.9. The predicted molar refractivity (Wildman–Crippen MR) is 136 cm³/mol.